The first kappa shape index (κ1) is 22.1. The first-order valence-electron chi connectivity index (χ1n) is 11.5. The van der Waals surface area contributed by atoms with Gasteiger partial charge in [0.1, 0.15) is 11.7 Å². The van der Waals surface area contributed by atoms with Gasteiger partial charge in [0.25, 0.3) is 11.8 Å². The second-order valence-electron chi connectivity index (χ2n) is 8.54. The number of anilines is 1. The summed E-state index contributed by atoms with van der Waals surface area (Å²) in [5, 5.41) is 11.4. The lowest BCUT2D eigenvalue weighted by molar-refractivity contribution is 0.0878. The fourth-order valence-corrected chi connectivity index (χ4v) is 4.46. The minimum absolute atomic E-state index is 0.0102. The molecule has 3 aromatic heterocycles. The van der Waals surface area contributed by atoms with Crippen molar-refractivity contribution in [1.82, 2.24) is 25.1 Å². The Morgan fingerprint density at radius 2 is 1.91 bits per heavy atom. The second-order valence-corrected chi connectivity index (χ2v) is 8.54. The van der Waals surface area contributed by atoms with Gasteiger partial charge in [-0.05, 0) is 49.9 Å². The summed E-state index contributed by atoms with van der Waals surface area (Å²) in [6.07, 6.45) is 6.32. The van der Waals surface area contributed by atoms with Gasteiger partial charge in [-0.2, -0.15) is 0 Å². The third kappa shape index (κ3) is 4.65. The van der Waals surface area contributed by atoms with Crippen molar-refractivity contribution >= 4 is 23.0 Å². The molecular weight excluding hydrogens is 438 g/mol. The Morgan fingerprint density at radius 3 is 2.68 bits per heavy atom. The predicted molar refractivity (Wildman–Crippen MR) is 123 cm³/mol. The molecule has 178 valence electrons. The van der Waals surface area contributed by atoms with Crippen molar-refractivity contribution in [2.24, 2.45) is 5.73 Å². The highest BCUT2D eigenvalue weighted by atomic mass is 16.5. The number of nitrogens with two attached hydrogens (primary N) is 1. The van der Waals surface area contributed by atoms with Crippen LogP contribution in [0, 0.1) is 0 Å². The smallest absolute Gasteiger partial charge is 0.274 e. The number of carbonyl (C=O) groups is 2. The van der Waals surface area contributed by atoms with Crippen LogP contribution in [0.3, 0.4) is 0 Å². The summed E-state index contributed by atoms with van der Waals surface area (Å²) in [6.45, 7) is 3.04. The van der Waals surface area contributed by atoms with Crippen molar-refractivity contribution in [2.45, 2.75) is 37.8 Å². The molecule has 1 aliphatic carbocycles. The average molecular weight is 466 g/mol. The van der Waals surface area contributed by atoms with E-state index in [4.69, 9.17) is 15.2 Å². The number of amides is 2. The van der Waals surface area contributed by atoms with Crippen LogP contribution in [0.15, 0.2) is 36.7 Å². The van der Waals surface area contributed by atoms with E-state index in [0.29, 0.717) is 24.4 Å². The maximum absolute atomic E-state index is 12.9. The molecule has 3 N–H and O–H groups in total. The topological polar surface area (TPSA) is 137 Å². The van der Waals surface area contributed by atoms with E-state index in [1.807, 2.05) is 18.3 Å². The number of pyridine rings is 2. The van der Waals surface area contributed by atoms with Crippen molar-refractivity contribution in [3.8, 4) is 5.88 Å². The van der Waals surface area contributed by atoms with Crippen LogP contribution in [0.1, 0.15) is 46.5 Å². The summed E-state index contributed by atoms with van der Waals surface area (Å²) in [5.74, 6) is -0.546. The molecule has 0 aromatic carbocycles. The number of primary amides is 1. The lowest BCUT2D eigenvalue weighted by Crippen LogP contribution is -2.40. The first-order valence-corrected chi connectivity index (χ1v) is 11.5. The van der Waals surface area contributed by atoms with Gasteiger partial charge in [0.15, 0.2) is 5.69 Å². The fraction of sp³-hybridized carbons (Fsp3) is 0.435. The van der Waals surface area contributed by atoms with Crippen LogP contribution in [0.25, 0.3) is 5.52 Å². The number of morpholine rings is 1. The van der Waals surface area contributed by atoms with Crippen LogP contribution in [0.4, 0.5) is 5.69 Å². The SMILES string of the molecule is NC(=O)c1cccnc1OC1CCC(NC(=O)c2nnn3cc(N4CCOCC4)ccc23)CC1. The van der Waals surface area contributed by atoms with Gasteiger partial charge >= 0.3 is 0 Å². The monoisotopic (exact) mass is 465 g/mol. The van der Waals surface area contributed by atoms with E-state index in [0.717, 1.165) is 44.5 Å². The minimum Gasteiger partial charge on any atom is -0.474 e. The maximum Gasteiger partial charge on any atom is 0.274 e. The summed E-state index contributed by atoms with van der Waals surface area (Å²) in [7, 11) is 0. The van der Waals surface area contributed by atoms with Crippen LogP contribution < -0.4 is 20.7 Å². The summed E-state index contributed by atoms with van der Waals surface area (Å²) in [6, 6.07) is 7.13. The van der Waals surface area contributed by atoms with Gasteiger partial charge < -0.3 is 25.4 Å². The predicted octanol–water partition coefficient (Wildman–Crippen LogP) is 1.18. The van der Waals surface area contributed by atoms with E-state index in [-0.39, 0.29) is 29.5 Å². The number of aromatic nitrogens is 4. The number of nitrogens with zero attached hydrogens (tertiary/aromatic N) is 5. The first-order chi connectivity index (χ1) is 16.6. The highest BCUT2D eigenvalue weighted by molar-refractivity contribution is 5.99. The molecule has 0 radical (unpaired) electrons. The van der Waals surface area contributed by atoms with E-state index in [9.17, 15) is 9.59 Å². The Hall–Kier alpha value is -3.73. The van der Waals surface area contributed by atoms with Crippen LogP contribution in [0.2, 0.25) is 0 Å². The number of rotatable bonds is 6. The van der Waals surface area contributed by atoms with Crippen molar-refractivity contribution < 1.29 is 19.1 Å². The Morgan fingerprint density at radius 1 is 1.12 bits per heavy atom. The highest BCUT2D eigenvalue weighted by Gasteiger charge is 2.27. The van der Waals surface area contributed by atoms with Gasteiger partial charge in [0.2, 0.25) is 5.88 Å². The minimum atomic E-state index is -0.568. The molecule has 0 atom stereocenters. The molecule has 2 fully saturated rings. The molecule has 4 heterocycles. The van der Waals surface area contributed by atoms with E-state index >= 15 is 0 Å². The molecule has 0 bridgehead atoms. The lowest BCUT2D eigenvalue weighted by Gasteiger charge is -2.29. The highest BCUT2D eigenvalue weighted by Crippen LogP contribution is 2.25. The summed E-state index contributed by atoms with van der Waals surface area (Å²) in [5.41, 5.74) is 7.68. The molecule has 2 amide bonds. The number of hydrogen-bond acceptors (Lipinski definition) is 8. The normalized spacial score (nSPS) is 20.8. The largest absolute Gasteiger partial charge is 0.474 e. The van der Waals surface area contributed by atoms with Gasteiger partial charge in [-0.25, -0.2) is 9.50 Å². The Bertz CT molecular complexity index is 1180. The lowest BCUT2D eigenvalue weighted by atomic mass is 9.93. The summed E-state index contributed by atoms with van der Waals surface area (Å²) >= 11 is 0. The molecular formula is C23H27N7O4. The Kier molecular flexibility index (Phi) is 6.26. The fourth-order valence-electron chi connectivity index (χ4n) is 4.46. The van der Waals surface area contributed by atoms with Crippen LogP contribution >= 0.6 is 0 Å². The van der Waals surface area contributed by atoms with Crippen LogP contribution in [-0.2, 0) is 4.74 Å². The molecule has 1 saturated carbocycles. The average Bonchev–Trinajstić information content (AvgIpc) is 3.29. The van der Waals surface area contributed by atoms with Crippen molar-refractivity contribution in [3.05, 3.63) is 47.9 Å². The van der Waals surface area contributed by atoms with E-state index in [1.54, 1.807) is 22.8 Å². The van der Waals surface area contributed by atoms with Gasteiger partial charge in [0.05, 0.1) is 30.6 Å². The zero-order valence-electron chi connectivity index (χ0n) is 18.7. The number of fused-ring (bicyclic) bond motifs is 1. The third-order valence-corrected chi connectivity index (χ3v) is 6.31. The van der Waals surface area contributed by atoms with Crippen molar-refractivity contribution in [1.29, 1.82) is 0 Å². The second kappa shape index (κ2) is 9.64. The van der Waals surface area contributed by atoms with Crippen molar-refractivity contribution in [2.75, 3.05) is 31.2 Å². The molecule has 2 aliphatic rings. The number of nitrogens with one attached hydrogen (secondary N) is 1. The number of carbonyl (C=O) groups excluding carboxylic acids is 2. The molecule has 0 spiro atoms. The van der Waals surface area contributed by atoms with E-state index < -0.39 is 5.91 Å². The quantitative estimate of drug-likeness (QED) is 0.554. The molecule has 0 unspecified atom stereocenters. The summed E-state index contributed by atoms with van der Waals surface area (Å²) in [4.78, 5) is 30.9. The summed E-state index contributed by atoms with van der Waals surface area (Å²) < 4.78 is 13.0. The van der Waals surface area contributed by atoms with Gasteiger partial charge in [-0.1, -0.05) is 5.21 Å². The zero-order chi connectivity index (χ0) is 23.5. The molecule has 3 aromatic rings. The molecule has 1 saturated heterocycles. The number of ether oxygens (including phenoxy) is 2. The molecule has 34 heavy (non-hydrogen) atoms. The van der Waals surface area contributed by atoms with Gasteiger partial charge in [-0.15, -0.1) is 5.10 Å². The third-order valence-electron chi connectivity index (χ3n) is 6.31. The maximum atomic E-state index is 12.9. The molecule has 1 aliphatic heterocycles. The molecule has 5 rings (SSSR count). The van der Waals surface area contributed by atoms with Gasteiger partial charge in [-0.3, -0.25) is 9.59 Å². The Balaban J connectivity index is 1.18. The molecule has 11 heteroatoms. The van der Waals surface area contributed by atoms with E-state index in [2.05, 4.69) is 25.5 Å². The van der Waals surface area contributed by atoms with Crippen LogP contribution in [0.5, 0.6) is 5.88 Å². The standard InChI is InChI=1S/C23H27N7O4/c24-21(31)18-2-1-9-25-23(18)34-17-6-3-15(4-7-17)26-22(32)20-19-8-5-16(14-30(19)28-27-20)29-10-12-33-13-11-29/h1-2,5,8-9,14-15,17H,3-4,6-7,10-13H2,(H2,24,31)(H,26,32). The molecule has 11 nitrogen and oxygen atoms in total. The number of hydrogen-bond donors (Lipinski definition) is 2. The van der Waals surface area contributed by atoms with Crippen molar-refractivity contribution in [3.63, 3.8) is 0 Å². The van der Waals surface area contributed by atoms with Gasteiger partial charge in [0, 0.05) is 25.3 Å². The Labute approximate surface area is 196 Å². The van der Waals surface area contributed by atoms with Crippen LogP contribution in [-0.4, -0.2) is 70.1 Å². The zero-order valence-corrected chi connectivity index (χ0v) is 18.7. The van der Waals surface area contributed by atoms with E-state index in [1.165, 1.54) is 0 Å².